The van der Waals surface area contributed by atoms with E-state index in [0.29, 0.717) is 6.54 Å². The normalized spacial score (nSPS) is 19.9. The van der Waals surface area contributed by atoms with Gasteiger partial charge < -0.3 is 20.7 Å². The number of carboxylic acid groups (broad SMARTS) is 1. The highest BCUT2D eigenvalue weighted by Crippen LogP contribution is 2.22. The first-order chi connectivity index (χ1) is 9.02. The second-order valence-corrected chi connectivity index (χ2v) is 4.95. The number of nitrogens with zero attached hydrogens (tertiary/aromatic N) is 2. The van der Waals surface area contributed by atoms with Crippen LogP contribution in [-0.2, 0) is 22.6 Å². The molecule has 1 aliphatic rings. The summed E-state index contributed by atoms with van der Waals surface area (Å²) in [6.45, 7) is 2.55. The zero-order chi connectivity index (χ0) is 14.0. The summed E-state index contributed by atoms with van der Waals surface area (Å²) in [6.07, 6.45) is 2.04. The third-order valence-electron chi connectivity index (χ3n) is 3.43. The molecule has 1 aromatic heterocycles. The largest absolute Gasteiger partial charge is 0.480 e. The van der Waals surface area contributed by atoms with Crippen LogP contribution < -0.4 is 5.73 Å². The highest BCUT2D eigenvalue weighted by Gasteiger charge is 2.35. The van der Waals surface area contributed by atoms with Gasteiger partial charge in [0.15, 0.2) is 0 Å². The highest BCUT2D eigenvalue weighted by molar-refractivity contribution is 5.84. The topological polar surface area (TPSA) is 112 Å². The summed E-state index contributed by atoms with van der Waals surface area (Å²) in [5.41, 5.74) is 7.04. The van der Waals surface area contributed by atoms with Crippen LogP contribution in [0.3, 0.4) is 0 Å². The second-order valence-electron chi connectivity index (χ2n) is 4.95. The molecule has 0 aliphatic carbocycles. The fourth-order valence-corrected chi connectivity index (χ4v) is 2.22. The summed E-state index contributed by atoms with van der Waals surface area (Å²) in [4.78, 5) is 31.9. The van der Waals surface area contributed by atoms with E-state index in [-0.39, 0.29) is 31.2 Å². The van der Waals surface area contributed by atoms with Gasteiger partial charge >= 0.3 is 5.97 Å². The lowest BCUT2D eigenvalue weighted by molar-refractivity contribution is -0.151. The van der Waals surface area contributed by atoms with Crippen molar-refractivity contribution in [1.29, 1.82) is 0 Å². The predicted molar refractivity (Wildman–Crippen MR) is 67.1 cm³/mol. The van der Waals surface area contributed by atoms with E-state index in [1.54, 1.807) is 0 Å². The van der Waals surface area contributed by atoms with Gasteiger partial charge in [-0.1, -0.05) is 6.92 Å². The number of H-pyrrole nitrogens is 1. The molecule has 1 aliphatic heterocycles. The molecule has 2 unspecified atom stereocenters. The lowest BCUT2D eigenvalue weighted by Crippen LogP contribution is -2.49. The van der Waals surface area contributed by atoms with Gasteiger partial charge in [-0.2, -0.15) is 0 Å². The third kappa shape index (κ3) is 2.76. The number of amides is 1. The van der Waals surface area contributed by atoms with Gasteiger partial charge in [0.1, 0.15) is 6.04 Å². The molecular formula is C12H18N4O3. The maximum absolute atomic E-state index is 12.2. The van der Waals surface area contributed by atoms with E-state index in [4.69, 9.17) is 5.73 Å². The first-order valence-corrected chi connectivity index (χ1v) is 6.26. The van der Waals surface area contributed by atoms with Crippen LogP contribution in [-0.4, -0.2) is 44.4 Å². The van der Waals surface area contributed by atoms with Gasteiger partial charge in [-0.25, -0.2) is 9.78 Å². The molecule has 0 spiro atoms. The number of aliphatic carboxylic acids is 1. The molecule has 7 nitrogen and oxygen atoms in total. The molecular weight excluding hydrogens is 248 g/mol. The zero-order valence-corrected chi connectivity index (χ0v) is 10.8. The van der Waals surface area contributed by atoms with E-state index in [1.165, 1.54) is 11.2 Å². The zero-order valence-electron chi connectivity index (χ0n) is 10.8. The van der Waals surface area contributed by atoms with Gasteiger partial charge in [-0.3, -0.25) is 4.79 Å². The van der Waals surface area contributed by atoms with Gasteiger partial charge in [0.25, 0.3) is 0 Å². The summed E-state index contributed by atoms with van der Waals surface area (Å²) in [5, 5.41) is 9.26. The highest BCUT2D eigenvalue weighted by atomic mass is 16.4. The molecule has 0 aromatic carbocycles. The van der Waals surface area contributed by atoms with Crippen molar-refractivity contribution in [3.05, 3.63) is 17.7 Å². The van der Waals surface area contributed by atoms with Gasteiger partial charge in [0, 0.05) is 12.8 Å². The quantitative estimate of drug-likeness (QED) is 0.694. The number of nitrogens with two attached hydrogens (primary N) is 1. The van der Waals surface area contributed by atoms with Gasteiger partial charge in [0.05, 0.1) is 24.3 Å². The number of hydrogen-bond donors (Lipinski definition) is 3. The predicted octanol–water partition coefficient (Wildman–Crippen LogP) is -0.267. The Kier molecular flexibility index (Phi) is 3.84. The molecule has 0 radical (unpaired) electrons. The number of aromatic nitrogens is 2. The summed E-state index contributed by atoms with van der Waals surface area (Å²) in [5.74, 6) is -1.13. The van der Waals surface area contributed by atoms with E-state index in [9.17, 15) is 14.7 Å². The number of aromatic amines is 1. The molecule has 1 aromatic rings. The fourth-order valence-electron chi connectivity index (χ4n) is 2.22. The molecule has 7 heteroatoms. The number of carbonyl (C=O) groups excluding carboxylic acids is 1. The van der Waals surface area contributed by atoms with Crippen LogP contribution in [0.2, 0.25) is 0 Å². The van der Waals surface area contributed by atoms with Gasteiger partial charge in [0.2, 0.25) is 5.91 Å². The van der Waals surface area contributed by atoms with Crippen LogP contribution in [0.4, 0.5) is 0 Å². The Morgan fingerprint density at radius 1 is 1.68 bits per heavy atom. The number of hydrogen-bond acceptors (Lipinski definition) is 4. The minimum Gasteiger partial charge on any atom is -0.480 e. The minimum atomic E-state index is -0.998. The SMILES string of the molecule is CC(CN)CC(=O)N1Cc2[nH]cnc2CC1C(=O)O. The second kappa shape index (κ2) is 5.40. The Morgan fingerprint density at radius 2 is 2.42 bits per heavy atom. The van der Waals surface area contributed by atoms with Crippen LogP contribution in [0.25, 0.3) is 0 Å². The van der Waals surface area contributed by atoms with Crippen molar-refractivity contribution in [2.24, 2.45) is 11.7 Å². The minimum absolute atomic E-state index is 0.0464. The molecule has 2 heterocycles. The van der Waals surface area contributed by atoms with E-state index in [0.717, 1.165) is 11.4 Å². The monoisotopic (exact) mass is 266 g/mol. The Bertz CT molecular complexity index is 485. The van der Waals surface area contributed by atoms with E-state index in [2.05, 4.69) is 9.97 Å². The standard InChI is InChI=1S/C12H18N4O3/c1-7(4-13)2-11(17)16-5-9-8(14-6-15-9)3-10(16)12(18)19/h6-7,10H,2-5,13H2,1H3,(H,14,15)(H,18,19). The molecule has 0 fully saturated rings. The molecule has 0 saturated carbocycles. The number of nitrogens with one attached hydrogen (secondary N) is 1. The van der Waals surface area contributed by atoms with Crippen molar-refractivity contribution in [2.75, 3.05) is 6.54 Å². The first-order valence-electron chi connectivity index (χ1n) is 6.26. The maximum Gasteiger partial charge on any atom is 0.326 e. The fraction of sp³-hybridized carbons (Fsp3) is 0.583. The third-order valence-corrected chi connectivity index (χ3v) is 3.43. The number of rotatable bonds is 4. The molecule has 104 valence electrons. The van der Waals surface area contributed by atoms with E-state index >= 15 is 0 Å². The average molecular weight is 266 g/mol. The molecule has 19 heavy (non-hydrogen) atoms. The lowest BCUT2D eigenvalue weighted by Gasteiger charge is -2.33. The molecule has 0 bridgehead atoms. The molecule has 4 N–H and O–H groups in total. The smallest absolute Gasteiger partial charge is 0.326 e. The Hall–Kier alpha value is -1.89. The van der Waals surface area contributed by atoms with Crippen LogP contribution in [0.15, 0.2) is 6.33 Å². The number of fused-ring (bicyclic) bond motifs is 1. The molecule has 0 saturated heterocycles. The van der Waals surface area contributed by atoms with Crippen molar-refractivity contribution in [1.82, 2.24) is 14.9 Å². The van der Waals surface area contributed by atoms with Crippen LogP contribution in [0.1, 0.15) is 24.7 Å². The first kappa shape index (κ1) is 13.5. The van der Waals surface area contributed by atoms with E-state index < -0.39 is 12.0 Å². The van der Waals surface area contributed by atoms with Crippen molar-refractivity contribution in [3.8, 4) is 0 Å². The van der Waals surface area contributed by atoms with Crippen LogP contribution in [0, 0.1) is 5.92 Å². The Morgan fingerprint density at radius 3 is 3.05 bits per heavy atom. The number of imidazole rings is 1. The molecule has 2 rings (SSSR count). The molecule has 2 atom stereocenters. The van der Waals surface area contributed by atoms with Gasteiger partial charge in [-0.15, -0.1) is 0 Å². The summed E-state index contributed by atoms with van der Waals surface area (Å²) in [7, 11) is 0. The summed E-state index contributed by atoms with van der Waals surface area (Å²) < 4.78 is 0. The van der Waals surface area contributed by atoms with Crippen LogP contribution in [0.5, 0.6) is 0 Å². The lowest BCUT2D eigenvalue weighted by atomic mass is 10.00. The Balaban J connectivity index is 2.17. The average Bonchev–Trinajstić information content (AvgIpc) is 2.83. The van der Waals surface area contributed by atoms with Crippen molar-refractivity contribution in [2.45, 2.75) is 32.4 Å². The van der Waals surface area contributed by atoms with Gasteiger partial charge in [-0.05, 0) is 12.5 Å². The van der Waals surface area contributed by atoms with E-state index in [1.807, 2.05) is 6.92 Å². The van der Waals surface area contributed by atoms with Crippen molar-refractivity contribution >= 4 is 11.9 Å². The van der Waals surface area contributed by atoms with Crippen molar-refractivity contribution in [3.63, 3.8) is 0 Å². The Labute approximate surface area is 110 Å². The maximum atomic E-state index is 12.2. The number of carboxylic acids is 1. The summed E-state index contributed by atoms with van der Waals surface area (Å²) in [6, 6.07) is -0.840. The summed E-state index contributed by atoms with van der Waals surface area (Å²) >= 11 is 0. The van der Waals surface area contributed by atoms with Crippen molar-refractivity contribution < 1.29 is 14.7 Å². The molecule has 1 amide bonds. The number of carbonyl (C=O) groups is 2. The van der Waals surface area contributed by atoms with Crippen LogP contribution >= 0.6 is 0 Å².